The molecular formula is C18H24N4O2. The minimum absolute atomic E-state index is 0.110. The van der Waals surface area contributed by atoms with E-state index in [4.69, 9.17) is 4.74 Å². The van der Waals surface area contributed by atoms with Gasteiger partial charge in [0.1, 0.15) is 5.60 Å². The zero-order valence-electron chi connectivity index (χ0n) is 14.6. The van der Waals surface area contributed by atoms with Gasteiger partial charge in [-0.15, -0.1) is 0 Å². The zero-order chi connectivity index (χ0) is 17.3. The van der Waals surface area contributed by atoms with Crippen LogP contribution in [0, 0.1) is 5.92 Å². The number of anilines is 1. The molecule has 0 spiro atoms. The Morgan fingerprint density at radius 1 is 1.29 bits per heavy atom. The molecule has 1 fully saturated rings. The van der Waals surface area contributed by atoms with Gasteiger partial charge in [0.2, 0.25) is 5.95 Å². The van der Waals surface area contributed by atoms with Crippen LogP contribution in [0.15, 0.2) is 30.5 Å². The van der Waals surface area contributed by atoms with Crippen molar-refractivity contribution >= 4 is 22.9 Å². The molecule has 0 aliphatic carbocycles. The average molecular weight is 328 g/mol. The second kappa shape index (κ2) is 6.26. The number of nitrogens with one attached hydrogen (secondary N) is 1. The van der Waals surface area contributed by atoms with Crippen molar-refractivity contribution in [3.05, 3.63) is 30.5 Å². The lowest BCUT2D eigenvalue weighted by Crippen LogP contribution is -2.36. The van der Waals surface area contributed by atoms with Crippen LogP contribution in [0.4, 0.5) is 10.7 Å². The first-order valence-electron chi connectivity index (χ1n) is 8.28. The molecule has 1 aromatic heterocycles. The van der Waals surface area contributed by atoms with E-state index >= 15 is 0 Å². The SMILES string of the molecule is C[C@@H]1CN(C(=O)OC(C)(C)C)C[C@@H]1Nc1ncc2ccccc2n1. The summed E-state index contributed by atoms with van der Waals surface area (Å²) in [5.41, 5.74) is 0.428. The van der Waals surface area contributed by atoms with Crippen molar-refractivity contribution in [3.63, 3.8) is 0 Å². The topological polar surface area (TPSA) is 67.3 Å². The number of likely N-dealkylation sites (tertiary alicyclic amines) is 1. The fraction of sp³-hybridized carbons (Fsp3) is 0.500. The first kappa shape index (κ1) is 16.5. The molecule has 0 bridgehead atoms. The predicted molar refractivity (Wildman–Crippen MR) is 93.9 cm³/mol. The van der Waals surface area contributed by atoms with Gasteiger partial charge < -0.3 is 15.0 Å². The van der Waals surface area contributed by atoms with Crippen molar-refractivity contribution < 1.29 is 9.53 Å². The number of aromatic nitrogens is 2. The van der Waals surface area contributed by atoms with Gasteiger partial charge in [-0.05, 0) is 32.8 Å². The minimum Gasteiger partial charge on any atom is -0.444 e. The number of rotatable bonds is 2. The van der Waals surface area contributed by atoms with Crippen LogP contribution in [-0.2, 0) is 4.74 Å². The van der Waals surface area contributed by atoms with Crippen molar-refractivity contribution in [1.82, 2.24) is 14.9 Å². The third kappa shape index (κ3) is 3.75. The molecule has 1 saturated heterocycles. The second-order valence-corrected chi connectivity index (χ2v) is 7.37. The van der Waals surface area contributed by atoms with Gasteiger partial charge in [-0.1, -0.05) is 25.1 Å². The summed E-state index contributed by atoms with van der Waals surface area (Å²) < 4.78 is 5.45. The van der Waals surface area contributed by atoms with E-state index in [2.05, 4.69) is 22.2 Å². The van der Waals surface area contributed by atoms with Crippen molar-refractivity contribution in [2.24, 2.45) is 5.92 Å². The van der Waals surface area contributed by atoms with Crippen LogP contribution in [0.3, 0.4) is 0 Å². The second-order valence-electron chi connectivity index (χ2n) is 7.37. The maximum atomic E-state index is 12.2. The van der Waals surface area contributed by atoms with Gasteiger partial charge in [-0.25, -0.2) is 14.8 Å². The first-order chi connectivity index (χ1) is 11.3. The normalized spacial score (nSPS) is 21.1. The number of fused-ring (bicyclic) bond motifs is 1. The number of carbonyl (C=O) groups excluding carboxylic acids is 1. The maximum absolute atomic E-state index is 12.2. The van der Waals surface area contributed by atoms with E-state index in [0.29, 0.717) is 25.0 Å². The molecule has 6 nitrogen and oxygen atoms in total. The molecule has 1 N–H and O–H groups in total. The lowest BCUT2D eigenvalue weighted by atomic mass is 10.1. The number of benzene rings is 1. The molecule has 6 heteroatoms. The third-order valence-corrected chi connectivity index (χ3v) is 4.07. The quantitative estimate of drug-likeness (QED) is 0.916. The number of nitrogens with zero attached hydrogens (tertiary/aromatic N) is 3. The minimum atomic E-state index is -0.479. The summed E-state index contributed by atoms with van der Waals surface area (Å²) in [6.07, 6.45) is 1.55. The average Bonchev–Trinajstić information content (AvgIpc) is 2.87. The molecule has 2 heterocycles. The lowest BCUT2D eigenvalue weighted by Gasteiger charge is -2.24. The highest BCUT2D eigenvalue weighted by Crippen LogP contribution is 2.22. The van der Waals surface area contributed by atoms with Crippen LogP contribution in [-0.4, -0.2) is 45.7 Å². The standard InChI is InChI=1S/C18H24N4O2/c1-12-10-22(17(23)24-18(2,3)4)11-15(12)21-16-19-9-13-7-5-6-8-14(13)20-16/h5-9,12,15H,10-11H2,1-4H3,(H,19,20,21)/t12-,15+/m1/s1. The zero-order valence-corrected chi connectivity index (χ0v) is 14.6. The van der Waals surface area contributed by atoms with Gasteiger partial charge in [0.15, 0.2) is 0 Å². The largest absolute Gasteiger partial charge is 0.444 e. The molecule has 128 valence electrons. The number of para-hydroxylation sites is 1. The molecule has 1 aliphatic heterocycles. The molecule has 2 atom stereocenters. The van der Waals surface area contributed by atoms with Gasteiger partial charge in [-0.2, -0.15) is 0 Å². The van der Waals surface area contributed by atoms with Crippen LogP contribution < -0.4 is 5.32 Å². The number of ether oxygens (including phenoxy) is 1. The highest BCUT2D eigenvalue weighted by Gasteiger charge is 2.35. The molecule has 1 aromatic carbocycles. The van der Waals surface area contributed by atoms with E-state index < -0.39 is 5.60 Å². The van der Waals surface area contributed by atoms with Crippen LogP contribution in [0.1, 0.15) is 27.7 Å². The predicted octanol–water partition coefficient (Wildman–Crippen LogP) is 3.30. The summed E-state index contributed by atoms with van der Waals surface area (Å²) in [7, 11) is 0. The maximum Gasteiger partial charge on any atom is 0.410 e. The van der Waals surface area contributed by atoms with E-state index in [1.807, 2.05) is 51.2 Å². The van der Waals surface area contributed by atoms with E-state index in [9.17, 15) is 4.79 Å². The Bertz CT molecular complexity index is 741. The molecule has 24 heavy (non-hydrogen) atoms. The number of hydrogen-bond donors (Lipinski definition) is 1. The van der Waals surface area contributed by atoms with E-state index in [1.165, 1.54) is 0 Å². The number of amides is 1. The summed E-state index contributed by atoms with van der Waals surface area (Å²) in [6.45, 7) is 9.00. The van der Waals surface area contributed by atoms with Gasteiger partial charge >= 0.3 is 6.09 Å². The summed E-state index contributed by atoms with van der Waals surface area (Å²) in [6, 6.07) is 7.99. The smallest absolute Gasteiger partial charge is 0.410 e. The summed E-state index contributed by atoms with van der Waals surface area (Å²) in [5, 5.41) is 4.37. The molecule has 3 rings (SSSR count). The Morgan fingerprint density at radius 2 is 2.04 bits per heavy atom. The van der Waals surface area contributed by atoms with Gasteiger partial charge in [0.05, 0.1) is 11.6 Å². The van der Waals surface area contributed by atoms with Crippen molar-refractivity contribution in [1.29, 1.82) is 0 Å². The van der Waals surface area contributed by atoms with E-state index in [-0.39, 0.29) is 12.1 Å². The van der Waals surface area contributed by atoms with Crippen LogP contribution in [0.25, 0.3) is 10.9 Å². The third-order valence-electron chi connectivity index (χ3n) is 4.07. The Labute approximate surface area is 142 Å². The summed E-state index contributed by atoms with van der Waals surface area (Å²) in [4.78, 5) is 22.9. The Balaban J connectivity index is 1.67. The lowest BCUT2D eigenvalue weighted by molar-refractivity contribution is 0.0288. The van der Waals surface area contributed by atoms with Crippen molar-refractivity contribution in [2.75, 3.05) is 18.4 Å². The summed E-state index contributed by atoms with van der Waals surface area (Å²) >= 11 is 0. The molecule has 2 aromatic rings. The number of carbonyl (C=O) groups is 1. The van der Waals surface area contributed by atoms with E-state index in [1.54, 1.807) is 4.90 Å². The highest BCUT2D eigenvalue weighted by atomic mass is 16.6. The molecule has 0 radical (unpaired) electrons. The number of hydrogen-bond acceptors (Lipinski definition) is 5. The van der Waals surface area contributed by atoms with Crippen LogP contribution in [0.2, 0.25) is 0 Å². The Kier molecular flexibility index (Phi) is 4.30. The molecular weight excluding hydrogens is 304 g/mol. The molecule has 1 aliphatic rings. The fourth-order valence-electron chi connectivity index (χ4n) is 2.84. The van der Waals surface area contributed by atoms with Gasteiger partial charge in [-0.3, -0.25) is 0 Å². The molecule has 1 amide bonds. The highest BCUT2D eigenvalue weighted by molar-refractivity contribution is 5.78. The fourth-order valence-corrected chi connectivity index (χ4v) is 2.84. The van der Waals surface area contributed by atoms with Crippen molar-refractivity contribution in [3.8, 4) is 0 Å². The monoisotopic (exact) mass is 328 g/mol. The van der Waals surface area contributed by atoms with Gasteiger partial charge in [0, 0.05) is 24.7 Å². The molecule has 0 saturated carbocycles. The molecule has 0 unspecified atom stereocenters. The van der Waals surface area contributed by atoms with Crippen LogP contribution in [0.5, 0.6) is 0 Å². The summed E-state index contributed by atoms with van der Waals surface area (Å²) in [5.74, 6) is 0.893. The van der Waals surface area contributed by atoms with Gasteiger partial charge in [0.25, 0.3) is 0 Å². The Hall–Kier alpha value is -2.37. The van der Waals surface area contributed by atoms with Crippen molar-refractivity contribution in [2.45, 2.75) is 39.3 Å². The van der Waals surface area contributed by atoms with Crippen LogP contribution >= 0.6 is 0 Å². The van der Waals surface area contributed by atoms with E-state index in [0.717, 1.165) is 10.9 Å². The Morgan fingerprint density at radius 3 is 2.79 bits per heavy atom. The first-order valence-corrected chi connectivity index (χ1v) is 8.28.